The summed E-state index contributed by atoms with van der Waals surface area (Å²) in [6.45, 7) is 2.30. The molecular weight excluding hydrogens is 172 g/mol. The molecule has 0 aromatic carbocycles. The highest BCUT2D eigenvalue weighted by molar-refractivity contribution is 4.85. The fourth-order valence-corrected chi connectivity index (χ4v) is 3.63. The summed E-state index contributed by atoms with van der Waals surface area (Å²) in [5.41, 5.74) is 0. The Kier molecular flexibility index (Phi) is 3.48. The van der Waals surface area contributed by atoms with E-state index < -0.39 is 0 Å². The summed E-state index contributed by atoms with van der Waals surface area (Å²) in [5.74, 6) is 2.84. The van der Waals surface area contributed by atoms with Crippen LogP contribution in [0.5, 0.6) is 0 Å². The first-order valence-corrected chi connectivity index (χ1v) is 6.47. The van der Waals surface area contributed by atoms with E-state index in [1.165, 1.54) is 38.5 Å². The van der Waals surface area contributed by atoms with Crippen LogP contribution in [0.3, 0.4) is 0 Å². The van der Waals surface area contributed by atoms with Gasteiger partial charge in [0.15, 0.2) is 0 Å². The van der Waals surface area contributed by atoms with Gasteiger partial charge >= 0.3 is 0 Å². The van der Waals surface area contributed by atoms with Crippen LogP contribution in [0, 0.1) is 17.8 Å². The number of aliphatic hydroxyl groups excluding tert-OH is 1. The van der Waals surface area contributed by atoms with Crippen molar-refractivity contribution in [1.29, 1.82) is 0 Å². The summed E-state index contributed by atoms with van der Waals surface area (Å²) in [4.78, 5) is 0. The predicted octanol–water partition coefficient (Wildman–Crippen LogP) is 3.36. The maximum atomic E-state index is 9.62. The normalized spacial score (nSPS) is 43.3. The standard InChI is InChI=1S/C13H24O/c1-2-3-10-4-5-12-9-13(14)7-6-11(12)8-10/h10-14H,2-9H2,1H3/t10?,11-,12+,13?/m0/s1. The van der Waals surface area contributed by atoms with E-state index in [2.05, 4.69) is 6.92 Å². The van der Waals surface area contributed by atoms with Gasteiger partial charge in [0.05, 0.1) is 6.10 Å². The molecule has 0 amide bonds. The van der Waals surface area contributed by atoms with Crippen molar-refractivity contribution >= 4 is 0 Å². The summed E-state index contributed by atoms with van der Waals surface area (Å²) in [7, 11) is 0. The van der Waals surface area contributed by atoms with Gasteiger partial charge in [-0.1, -0.05) is 26.2 Å². The Morgan fingerprint density at radius 2 is 1.71 bits per heavy atom. The number of fused-ring (bicyclic) bond motifs is 1. The molecule has 82 valence electrons. The number of rotatable bonds is 2. The van der Waals surface area contributed by atoms with Gasteiger partial charge in [0.2, 0.25) is 0 Å². The molecule has 2 fully saturated rings. The van der Waals surface area contributed by atoms with Crippen molar-refractivity contribution in [1.82, 2.24) is 0 Å². The fraction of sp³-hybridized carbons (Fsp3) is 1.00. The lowest BCUT2D eigenvalue weighted by Gasteiger charge is -2.41. The molecule has 2 rings (SSSR count). The van der Waals surface area contributed by atoms with Crippen molar-refractivity contribution < 1.29 is 5.11 Å². The number of hydrogen-bond acceptors (Lipinski definition) is 1. The summed E-state index contributed by atoms with van der Waals surface area (Å²) < 4.78 is 0. The topological polar surface area (TPSA) is 20.2 Å². The third-order valence-electron chi connectivity index (χ3n) is 4.39. The Balaban J connectivity index is 1.85. The van der Waals surface area contributed by atoms with Gasteiger partial charge in [0.25, 0.3) is 0 Å². The van der Waals surface area contributed by atoms with Crippen LogP contribution >= 0.6 is 0 Å². The molecule has 2 saturated carbocycles. The van der Waals surface area contributed by atoms with Crippen LogP contribution in [0.4, 0.5) is 0 Å². The monoisotopic (exact) mass is 196 g/mol. The van der Waals surface area contributed by atoms with E-state index in [0.29, 0.717) is 0 Å². The lowest BCUT2D eigenvalue weighted by atomic mass is 9.66. The summed E-state index contributed by atoms with van der Waals surface area (Å²) in [6, 6.07) is 0. The number of hydrogen-bond donors (Lipinski definition) is 1. The van der Waals surface area contributed by atoms with Gasteiger partial charge < -0.3 is 5.11 Å². The highest BCUT2D eigenvalue weighted by atomic mass is 16.3. The van der Waals surface area contributed by atoms with Gasteiger partial charge in [-0.05, 0) is 49.9 Å². The SMILES string of the molecule is CCCC1CC[C@@H]2CC(O)CC[C@H]2C1. The third-order valence-corrected chi connectivity index (χ3v) is 4.39. The zero-order valence-corrected chi connectivity index (χ0v) is 9.41. The molecule has 2 aliphatic rings. The Labute approximate surface area is 87.9 Å². The maximum absolute atomic E-state index is 9.62. The lowest BCUT2D eigenvalue weighted by Crippen LogP contribution is -2.32. The molecule has 0 aromatic heterocycles. The third kappa shape index (κ3) is 2.31. The molecule has 1 N–H and O–H groups in total. The van der Waals surface area contributed by atoms with Crippen molar-refractivity contribution in [3.63, 3.8) is 0 Å². The van der Waals surface area contributed by atoms with Crippen LogP contribution in [0.15, 0.2) is 0 Å². The smallest absolute Gasteiger partial charge is 0.0543 e. The minimum absolute atomic E-state index is 0.0268. The first kappa shape index (κ1) is 10.5. The average molecular weight is 196 g/mol. The van der Waals surface area contributed by atoms with E-state index in [1.807, 2.05) is 0 Å². The van der Waals surface area contributed by atoms with Crippen LogP contribution in [-0.2, 0) is 0 Å². The van der Waals surface area contributed by atoms with Crippen LogP contribution < -0.4 is 0 Å². The van der Waals surface area contributed by atoms with Crippen molar-refractivity contribution in [2.24, 2.45) is 17.8 Å². The second-order valence-corrected chi connectivity index (χ2v) is 5.45. The molecule has 0 radical (unpaired) electrons. The van der Waals surface area contributed by atoms with Gasteiger partial charge in [-0.2, -0.15) is 0 Å². The van der Waals surface area contributed by atoms with Gasteiger partial charge in [0.1, 0.15) is 0 Å². The summed E-state index contributed by atoms with van der Waals surface area (Å²) in [5, 5.41) is 9.62. The molecule has 0 spiro atoms. The van der Waals surface area contributed by atoms with Crippen LogP contribution in [0.25, 0.3) is 0 Å². The molecule has 2 unspecified atom stereocenters. The van der Waals surface area contributed by atoms with Gasteiger partial charge in [-0.3, -0.25) is 0 Å². The molecule has 0 aromatic rings. The van der Waals surface area contributed by atoms with Gasteiger partial charge in [0, 0.05) is 0 Å². The molecule has 1 heteroatoms. The second-order valence-electron chi connectivity index (χ2n) is 5.45. The summed E-state index contributed by atoms with van der Waals surface area (Å²) in [6.07, 6.45) is 10.6. The Morgan fingerprint density at radius 3 is 2.50 bits per heavy atom. The molecule has 0 heterocycles. The zero-order valence-electron chi connectivity index (χ0n) is 9.41. The van der Waals surface area contributed by atoms with Crippen molar-refractivity contribution in [2.45, 2.75) is 64.4 Å². The van der Waals surface area contributed by atoms with Crippen LogP contribution in [-0.4, -0.2) is 11.2 Å². The minimum atomic E-state index is 0.0268. The highest BCUT2D eigenvalue weighted by Crippen LogP contribution is 2.43. The second kappa shape index (κ2) is 4.65. The van der Waals surface area contributed by atoms with E-state index in [0.717, 1.165) is 30.6 Å². The molecule has 0 saturated heterocycles. The van der Waals surface area contributed by atoms with E-state index in [-0.39, 0.29) is 6.10 Å². The van der Waals surface area contributed by atoms with E-state index in [1.54, 1.807) is 0 Å². The molecule has 0 bridgehead atoms. The van der Waals surface area contributed by atoms with Gasteiger partial charge in [-0.25, -0.2) is 0 Å². The summed E-state index contributed by atoms with van der Waals surface area (Å²) >= 11 is 0. The number of aliphatic hydroxyl groups is 1. The van der Waals surface area contributed by atoms with E-state index >= 15 is 0 Å². The molecule has 4 atom stereocenters. The van der Waals surface area contributed by atoms with Crippen LogP contribution in [0.1, 0.15) is 58.3 Å². The average Bonchev–Trinajstić information content (AvgIpc) is 2.19. The molecule has 1 nitrogen and oxygen atoms in total. The van der Waals surface area contributed by atoms with Crippen molar-refractivity contribution in [3.8, 4) is 0 Å². The molecule has 14 heavy (non-hydrogen) atoms. The largest absolute Gasteiger partial charge is 0.393 e. The lowest BCUT2D eigenvalue weighted by molar-refractivity contribution is 0.0340. The first-order chi connectivity index (χ1) is 6.79. The molecule has 2 aliphatic carbocycles. The Hall–Kier alpha value is -0.0400. The Bertz CT molecular complexity index is 178. The first-order valence-electron chi connectivity index (χ1n) is 6.47. The molecular formula is C13H24O. The minimum Gasteiger partial charge on any atom is -0.393 e. The van der Waals surface area contributed by atoms with E-state index in [9.17, 15) is 5.11 Å². The highest BCUT2D eigenvalue weighted by Gasteiger charge is 2.34. The van der Waals surface area contributed by atoms with Crippen LogP contribution in [0.2, 0.25) is 0 Å². The predicted molar refractivity (Wildman–Crippen MR) is 59.1 cm³/mol. The van der Waals surface area contributed by atoms with Crippen molar-refractivity contribution in [3.05, 3.63) is 0 Å². The molecule has 0 aliphatic heterocycles. The quantitative estimate of drug-likeness (QED) is 0.718. The zero-order chi connectivity index (χ0) is 9.97. The van der Waals surface area contributed by atoms with Gasteiger partial charge in [-0.15, -0.1) is 0 Å². The Morgan fingerprint density at radius 1 is 1.00 bits per heavy atom. The van der Waals surface area contributed by atoms with Crippen molar-refractivity contribution in [2.75, 3.05) is 0 Å². The maximum Gasteiger partial charge on any atom is 0.0543 e. The fourth-order valence-electron chi connectivity index (χ4n) is 3.63. The van der Waals surface area contributed by atoms with E-state index in [4.69, 9.17) is 0 Å².